The Morgan fingerprint density at radius 2 is 2.05 bits per heavy atom. The molecule has 20 heavy (non-hydrogen) atoms. The Kier molecular flexibility index (Phi) is 3.81. The minimum Gasteiger partial charge on any atom is -0.339 e. The molecule has 1 aliphatic carbocycles. The van der Waals surface area contributed by atoms with Gasteiger partial charge in [0.15, 0.2) is 15.7 Å². The molecular formula is C13H21N3O3S. The third kappa shape index (κ3) is 2.74. The van der Waals surface area contributed by atoms with Crippen LogP contribution < -0.4 is 5.73 Å². The van der Waals surface area contributed by atoms with Crippen LogP contribution in [0.2, 0.25) is 0 Å². The quantitative estimate of drug-likeness (QED) is 0.900. The molecule has 1 saturated heterocycles. The van der Waals surface area contributed by atoms with E-state index in [1.807, 2.05) is 0 Å². The van der Waals surface area contributed by atoms with Crippen LogP contribution in [0.1, 0.15) is 55.7 Å². The predicted octanol–water partition coefficient (Wildman–Crippen LogP) is 1.20. The Bertz CT molecular complexity index is 569. The van der Waals surface area contributed by atoms with Crippen molar-refractivity contribution in [2.75, 3.05) is 18.1 Å². The van der Waals surface area contributed by atoms with Crippen LogP contribution >= 0.6 is 0 Å². The average molecular weight is 299 g/mol. The summed E-state index contributed by atoms with van der Waals surface area (Å²) in [6.07, 6.45) is 5.12. The molecule has 1 aromatic rings. The van der Waals surface area contributed by atoms with Gasteiger partial charge in [-0.25, -0.2) is 8.42 Å². The third-order valence-corrected chi connectivity index (χ3v) is 6.35. The van der Waals surface area contributed by atoms with E-state index in [2.05, 4.69) is 10.1 Å². The van der Waals surface area contributed by atoms with Crippen molar-refractivity contribution in [1.82, 2.24) is 10.1 Å². The van der Waals surface area contributed by atoms with Crippen molar-refractivity contribution in [3.05, 3.63) is 11.7 Å². The first-order valence-corrected chi connectivity index (χ1v) is 9.15. The number of rotatable bonds is 3. The van der Waals surface area contributed by atoms with Crippen molar-refractivity contribution in [1.29, 1.82) is 0 Å². The fraction of sp³-hybridized carbons (Fsp3) is 0.846. The van der Waals surface area contributed by atoms with E-state index in [0.29, 0.717) is 30.6 Å². The van der Waals surface area contributed by atoms with Crippen LogP contribution in [0.5, 0.6) is 0 Å². The summed E-state index contributed by atoms with van der Waals surface area (Å²) in [6, 6.07) is 0. The van der Waals surface area contributed by atoms with Crippen molar-refractivity contribution in [3.8, 4) is 0 Å². The standard InChI is InChI=1S/C13H21N3O3S/c14-7-9-3-1-2-4-11(9)13-15-12(16-19-13)10-5-6-20(17,18)8-10/h9-11H,1-8,14H2. The number of hydrogen-bond donors (Lipinski definition) is 1. The maximum Gasteiger partial charge on any atom is 0.230 e. The minimum atomic E-state index is -2.92. The molecule has 2 heterocycles. The molecule has 0 bridgehead atoms. The van der Waals surface area contributed by atoms with Crippen molar-refractivity contribution in [2.24, 2.45) is 11.7 Å². The second-order valence-corrected chi connectivity index (χ2v) is 8.21. The number of nitrogens with two attached hydrogens (primary N) is 1. The summed E-state index contributed by atoms with van der Waals surface area (Å²) in [6.45, 7) is 0.639. The largest absolute Gasteiger partial charge is 0.339 e. The van der Waals surface area contributed by atoms with Crippen LogP contribution in [0.4, 0.5) is 0 Å². The Hall–Kier alpha value is -0.950. The fourth-order valence-corrected chi connectivity index (χ4v) is 5.12. The lowest BCUT2D eigenvalue weighted by Crippen LogP contribution is -2.25. The van der Waals surface area contributed by atoms with Gasteiger partial charge in [0.2, 0.25) is 5.89 Å². The van der Waals surface area contributed by atoms with Crippen molar-refractivity contribution in [3.63, 3.8) is 0 Å². The zero-order valence-electron chi connectivity index (χ0n) is 11.5. The van der Waals surface area contributed by atoms with Crippen LogP contribution in [0.3, 0.4) is 0 Å². The van der Waals surface area contributed by atoms with Crippen LogP contribution in [0.25, 0.3) is 0 Å². The molecule has 0 aromatic carbocycles. The molecule has 112 valence electrons. The first-order valence-electron chi connectivity index (χ1n) is 7.33. The monoisotopic (exact) mass is 299 g/mol. The Balaban J connectivity index is 1.76. The average Bonchev–Trinajstić information content (AvgIpc) is 3.05. The van der Waals surface area contributed by atoms with Crippen LogP contribution in [-0.2, 0) is 9.84 Å². The molecule has 2 fully saturated rings. The topological polar surface area (TPSA) is 99.1 Å². The van der Waals surface area contributed by atoms with Gasteiger partial charge in [0.05, 0.1) is 11.5 Å². The zero-order valence-corrected chi connectivity index (χ0v) is 12.3. The molecule has 1 saturated carbocycles. The summed E-state index contributed by atoms with van der Waals surface area (Å²) < 4.78 is 28.4. The van der Waals surface area contributed by atoms with E-state index in [-0.39, 0.29) is 23.3 Å². The maximum atomic E-state index is 11.5. The van der Waals surface area contributed by atoms with Crippen LogP contribution in [-0.4, -0.2) is 36.6 Å². The molecule has 0 spiro atoms. The smallest absolute Gasteiger partial charge is 0.230 e. The third-order valence-electron chi connectivity index (χ3n) is 4.58. The van der Waals surface area contributed by atoms with Gasteiger partial charge in [0.1, 0.15) is 0 Å². The summed E-state index contributed by atoms with van der Waals surface area (Å²) in [5, 5.41) is 4.02. The highest BCUT2D eigenvalue weighted by Crippen LogP contribution is 2.37. The van der Waals surface area contributed by atoms with Gasteiger partial charge < -0.3 is 10.3 Å². The Labute approximate surface area is 119 Å². The molecule has 2 aliphatic rings. The Morgan fingerprint density at radius 3 is 2.75 bits per heavy atom. The van der Waals surface area contributed by atoms with Gasteiger partial charge >= 0.3 is 0 Å². The second kappa shape index (κ2) is 5.44. The molecule has 2 N–H and O–H groups in total. The number of hydrogen-bond acceptors (Lipinski definition) is 6. The van der Waals surface area contributed by atoms with E-state index in [0.717, 1.165) is 19.3 Å². The fourth-order valence-electron chi connectivity index (χ4n) is 3.38. The van der Waals surface area contributed by atoms with E-state index >= 15 is 0 Å². The summed E-state index contributed by atoms with van der Waals surface area (Å²) in [5.41, 5.74) is 5.83. The molecule has 1 aromatic heterocycles. The van der Waals surface area contributed by atoms with Crippen LogP contribution in [0.15, 0.2) is 4.52 Å². The lowest BCUT2D eigenvalue weighted by Gasteiger charge is -2.27. The summed E-state index contributed by atoms with van der Waals surface area (Å²) in [5.74, 6) is 2.14. The van der Waals surface area contributed by atoms with E-state index in [1.165, 1.54) is 6.42 Å². The molecule has 3 rings (SSSR count). The highest BCUT2D eigenvalue weighted by atomic mass is 32.2. The second-order valence-electron chi connectivity index (χ2n) is 5.98. The first kappa shape index (κ1) is 14.0. The van der Waals surface area contributed by atoms with Gasteiger partial charge in [-0.15, -0.1) is 0 Å². The highest BCUT2D eigenvalue weighted by Gasteiger charge is 2.35. The van der Waals surface area contributed by atoms with Gasteiger partial charge in [0.25, 0.3) is 0 Å². The molecule has 0 amide bonds. The SMILES string of the molecule is NCC1CCCCC1c1nc(C2CCS(=O)(=O)C2)no1. The van der Waals surface area contributed by atoms with E-state index in [9.17, 15) is 8.42 Å². The van der Waals surface area contributed by atoms with E-state index < -0.39 is 9.84 Å². The lowest BCUT2D eigenvalue weighted by atomic mass is 9.79. The summed E-state index contributed by atoms with van der Waals surface area (Å²) in [4.78, 5) is 4.48. The summed E-state index contributed by atoms with van der Waals surface area (Å²) >= 11 is 0. The van der Waals surface area contributed by atoms with E-state index in [4.69, 9.17) is 10.3 Å². The Morgan fingerprint density at radius 1 is 1.25 bits per heavy atom. The molecule has 6 nitrogen and oxygen atoms in total. The van der Waals surface area contributed by atoms with Crippen molar-refractivity contribution < 1.29 is 12.9 Å². The highest BCUT2D eigenvalue weighted by molar-refractivity contribution is 7.91. The number of sulfone groups is 1. The molecule has 7 heteroatoms. The normalized spacial score (nSPS) is 33.4. The number of aromatic nitrogens is 2. The van der Waals surface area contributed by atoms with Gasteiger partial charge in [-0.2, -0.15) is 4.98 Å². The molecule has 3 unspecified atom stereocenters. The summed E-state index contributed by atoms with van der Waals surface area (Å²) in [7, 11) is -2.92. The van der Waals surface area contributed by atoms with Gasteiger partial charge in [0, 0.05) is 11.8 Å². The van der Waals surface area contributed by atoms with Gasteiger partial charge in [-0.05, 0) is 31.7 Å². The number of nitrogens with zero attached hydrogens (tertiary/aromatic N) is 2. The van der Waals surface area contributed by atoms with Crippen LogP contribution in [0, 0.1) is 5.92 Å². The predicted molar refractivity (Wildman–Crippen MR) is 74.1 cm³/mol. The minimum absolute atomic E-state index is 0.0996. The first-order chi connectivity index (χ1) is 9.59. The lowest BCUT2D eigenvalue weighted by molar-refractivity contribution is 0.248. The van der Waals surface area contributed by atoms with Gasteiger partial charge in [-0.1, -0.05) is 18.0 Å². The molecular weight excluding hydrogens is 278 g/mol. The van der Waals surface area contributed by atoms with E-state index in [1.54, 1.807) is 0 Å². The molecule has 0 radical (unpaired) electrons. The van der Waals surface area contributed by atoms with Gasteiger partial charge in [-0.3, -0.25) is 0 Å². The van der Waals surface area contributed by atoms with Crippen molar-refractivity contribution >= 4 is 9.84 Å². The molecule has 3 atom stereocenters. The zero-order chi connectivity index (χ0) is 14.2. The van der Waals surface area contributed by atoms with Crippen molar-refractivity contribution in [2.45, 2.75) is 43.9 Å². The molecule has 1 aliphatic heterocycles. The maximum absolute atomic E-state index is 11.5.